The molecule has 0 amide bonds. The van der Waals surface area contributed by atoms with E-state index in [2.05, 4.69) is 137 Å². The van der Waals surface area contributed by atoms with Crippen molar-refractivity contribution in [1.29, 1.82) is 0 Å². The fourth-order valence-corrected chi connectivity index (χ4v) is 9.56. The average Bonchev–Trinajstić information content (AvgIpc) is 3.92. The molecule has 5 aromatic heterocycles. The minimum atomic E-state index is -0.136. The number of aliphatic hydroxyl groups excluding tert-OH is 2. The lowest BCUT2D eigenvalue weighted by molar-refractivity contribution is 0.281. The van der Waals surface area contributed by atoms with Gasteiger partial charge in [0.25, 0.3) is 11.1 Å². The number of aromatic nitrogens is 7. The van der Waals surface area contributed by atoms with Crippen LogP contribution in [0, 0.1) is 11.8 Å². The Kier molecular flexibility index (Phi) is 13.0. The lowest BCUT2D eigenvalue weighted by Gasteiger charge is -2.13. The first-order chi connectivity index (χ1) is 32.9. The molecule has 68 heavy (non-hydrogen) atoms. The van der Waals surface area contributed by atoms with Crippen molar-refractivity contribution in [3.05, 3.63) is 194 Å². The summed E-state index contributed by atoms with van der Waals surface area (Å²) in [7, 11) is 3.43. The summed E-state index contributed by atoms with van der Waals surface area (Å²) >= 11 is 0. The molecule has 0 aliphatic carbocycles. The van der Waals surface area contributed by atoms with E-state index in [1.165, 1.54) is 42.0 Å². The fourth-order valence-electron chi connectivity index (χ4n) is 9.56. The SMILES string of the molecule is CC(C)Cc1nn(C)c(=O)c2c(-c3cccc(CO)c3)n(Cc3cccc4ccccc34)cc12.CC(C)Cc1nn(C)c(=O)c2c(-c3cncc(CO)c3)n(Cc3cccc4ccccc34)cc12. The second kappa shape index (κ2) is 19.4. The predicted molar refractivity (Wildman–Crippen MR) is 274 cm³/mol. The third-order valence-electron chi connectivity index (χ3n) is 12.6. The topological polar surface area (TPSA) is 133 Å². The zero-order valence-corrected chi connectivity index (χ0v) is 39.5. The zero-order chi connectivity index (χ0) is 47.6. The van der Waals surface area contributed by atoms with Crippen LogP contribution >= 0.6 is 0 Å². The molecule has 5 heterocycles. The molecule has 0 unspecified atom stereocenters. The predicted octanol–water partition coefficient (Wildman–Crippen LogP) is 9.98. The molecule has 11 nitrogen and oxygen atoms in total. The molecule has 10 aromatic rings. The number of aliphatic hydroxyl groups is 2. The van der Waals surface area contributed by atoms with Crippen LogP contribution in [-0.4, -0.2) is 43.9 Å². The lowest BCUT2D eigenvalue weighted by atomic mass is 10.0. The first-order valence-corrected chi connectivity index (χ1v) is 23.3. The summed E-state index contributed by atoms with van der Waals surface area (Å²) in [5.74, 6) is 0.813. The summed E-state index contributed by atoms with van der Waals surface area (Å²) in [6.45, 7) is 9.70. The Hall–Kier alpha value is -7.47. The number of pyridine rings is 1. The van der Waals surface area contributed by atoms with Crippen LogP contribution in [0.15, 0.2) is 150 Å². The Morgan fingerprint density at radius 2 is 0.971 bits per heavy atom. The van der Waals surface area contributed by atoms with Crippen LogP contribution in [-0.2, 0) is 53.2 Å². The Balaban J connectivity index is 0.000000170. The van der Waals surface area contributed by atoms with Crippen molar-refractivity contribution >= 4 is 43.1 Å². The Labute approximate surface area is 395 Å². The Morgan fingerprint density at radius 3 is 1.47 bits per heavy atom. The highest BCUT2D eigenvalue weighted by Gasteiger charge is 2.23. The molecule has 5 aromatic carbocycles. The van der Waals surface area contributed by atoms with Crippen LogP contribution in [0.5, 0.6) is 0 Å². The van der Waals surface area contributed by atoms with E-state index in [9.17, 15) is 19.8 Å². The van der Waals surface area contributed by atoms with Gasteiger partial charge in [-0.15, -0.1) is 0 Å². The maximum atomic E-state index is 13.4. The maximum Gasteiger partial charge on any atom is 0.276 e. The molecule has 0 atom stereocenters. The molecule has 0 saturated heterocycles. The Bertz CT molecular complexity index is 3350. The quantitative estimate of drug-likeness (QED) is 0.125. The van der Waals surface area contributed by atoms with E-state index in [0.717, 1.165) is 63.1 Å². The number of fused-ring (bicyclic) bond motifs is 4. The van der Waals surface area contributed by atoms with E-state index in [4.69, 9.17) is 0 Å². The van der Waals surface area contributed by atoms with Gasteiger partial charge in [0.2, 0.25) is 0 Å². The molecular weight excluding hydrogens is 847 g/mol. The van der Waals surface area contributed by atoms with Crippen LogP contribution in [0.25, 0.3) is 65.6 Å². The smallest absolute Gasteiger partial charge is 0.276 e. The van der Waals surface area contributed by atoms with Gasteiger partial charge >= 0.3 is 0 Å². The van der Waals surface area contributed by atoms with Crippen LogP contribution in [0.2, 0.25) is 0 Å². The van der Waals surface area contributed by atoms with Gasteiger partial charge in [-0.3, -0.25) is 14.6 Å². The highest BCUT2D eigenvalue weighted by atomic mass is 16.3. The molecule has 0 aliphatic heterocycles. The molecule has 0 bridgehead atoms. The van der Waals surface area contributed by atoms with E-state index in [1.807, 2.05) is 42.5 Å². The first-order valence-electron chi connectivity index (χ1n) is 23.3. The van der Waals surface area contributed by atoms with Gasteiger partial charge in [0, 0.05) is 68.3 Å². The summed E-state index contributed by atoms with van der Waals surface area (Å²) < 4.78 is 7.21. The molecular formula is C57H57N7O4. The highest BCUT2D eigenvalue weighted by molar-refractivity contribution is 5.98. The number of hydrogen-bond donors (Lipinski definition) is 2. The second-order valence-electron chi connectivity index (χ2n) is 18.6. The van der Waals surface area contributed by atoms with E-state index < -0.39 is 0 Å². The molecule has 11 heteroatoms. The number of aryl methyl sites for hydroxylation is 2. The Morgan fingerprint density at radius 1 is 0.515 bits per heavy atom. The van der Waals surface area contributed by atoms with Crippen LogP contribution < -0.4 is 11.1 Å². The molecule has 0 fully saturated rings. The molecule has 2 N–H and O–H groups in total. The summed E-state index contributed by atoms with van der Waals surface area (Å²) in [5, 5.41) is 36.6. The van der Waals surface area contributed by atoms with Crippen molar-refractivity contribution in [2.24, 2.45) is 25.9 Å². The third kappa shape index (κ3) is 9.02. The van der Waals surface area contributed by atoms with Gasteiger partial charge in [0.15, 0.2) is 0 Å². The van der Waals surface area contributed by atoms with E-state index in [1.54, 1.807) is 26.5 Å². The maximum absolute atomic E-state index is 13.4. The highest BCUT2D eigenvalue weighted by Crippen LogP contribution is 2.35. The molecule has 0 radical (unpaired) electrons. The minimum Gasteiger partial charge on any atom is -0.392 e. The van der Waals surface area contributed by atoms with Crippen molar-refractivity contribution in [3.63, 3.8) is 0 Å². The molecule has 0 spiro atoms. The lowest BCUT2D eigenvalue weighted by Crippen LogP contribution is -2.22. The van der Waals surface area contributed by atoms with Crippen molar-refractivity contribution in [2.45, 2.75) is 66.8 Å². The summed E-state index contributed by atoms with van der Waals surface area (Å²) in [6, 6.07) is 39.1. The van der Waals surface area contributed by atoms with Crippen molar-refractivity contribution < 1.29 is 10.2 Å². The normalized spacial score (nSPS) is 11.7. The number of benzene rings is 5. The van der Waals surface area contributed by atoms with Crippen LogP contribution in [0.3, 0.4) is 0 Å². The van der Waals surface area contributed by atoms with Crippen LogP contribution in [0.4, 0.5) is 0 Å². The van der Waals surface area contributed by atoms with Gasteiger partial charge in [-0.2, -0.15) is 10.2 Å². The van der Waals surface area contributed by atoms with Gasteiger partial charge in [-0.1, -0.05) is 131 Å². The molecule has 0 aliphatic rings. The van der Waals surface area contributed by atoms with Crippen molar-refractivity contribution in [2.75, 3.05) is 0 Å². The number of hydrogen-bond acceptors (Lipinski definition) is 7. The van der Waals surface area contributed by atoms with E-state index in [0.29, 0.717) is 41.3 Å². The summed E-state index contributed by atoms with van der Waals surface area (Å²) in [6.07, 6.45) is 9.12. The van der Waals surface area contributed by atoms with Gasteiger partial charge in [0.05, 0.1) is 46.8 Å². The number of rotatable bonds is 12. The van der Waals surface area contributed by atoms with Crippen molar-refractivity contribution in [1.82, 2.24) is 33.7 Å². The standard InChI is InChI=1S/C29H29N3O2.C28H28N4O2/c1-19(2)14-26-25-17-32(16-23-12-7-10-21-9-4-5-13-24(21)23)28(27(25)29(34)31(3)30-26)22-11-6-8-20(15-22)18-33;1-18(2)11-25-24-16-32(15-21-9-6-8-20-7-4-5-10-23(20)21)27(26(24)28(34)31(3)30-25)22-12-19(17-33)13-29-14-22/h4-13,15,17,19,33H,14,16,18H2,1-3H3;4-10,12-14,16,18,33H,11,15,17H2,1-3H3. The van der Waals surface area contributed by atoms with E-state index >= 15 is 0 Å². The average molecular weight is 904 g/mol. The second-order valence-corrected chi connectivity index (χ2v) is 18.6. The summed E-state index contributed by atoms with van der Waals surface area (Å²) in [5.41, 5.74) is 8.88. The van der Waals surface area contributed by atoms with E-state index in [-0.39, 0.29) is 24.3 Å². The first kappa shape index (κ1) is 45.7. The van der Waals surface area contributed by atoms with Gasteiger partial charge in [-0.05, 0) is 86.2 Å². The largest absolute Gasteiger partial charge is 0.392 e. The van der Waals surface area contributed by atoms with Crippen molar-refractivity contribution in [3.8, 4) is 22.5 Å². The van der Waals surface area contributed by atoms with Gasteiger partial charge < -0.3 is 19.3 Å². The molecule has 344 valence electrons. The fraction of sp³-hybridized carbons (Fsp3) is 0.246. The minimum absolute atomic E-state index is 0.0476. The number of nitrogens with zero attached hydrogens (tertiary/aromatic N) is 7. The molecule has 0 saturated carbocycles. The zero-order valence-electron chi connectivity index (χ0n) is 39.5. The third-order valence-corrected chi connectivity index (χ3v) is 12.6. The van der Waals surface area contributed by atoms with Gasteiger partial charge in [0.1, 0.15) is 0 Å². The van der Waals surface area contributed by atoms with Gasteiger partial charge in [-0.25, -0.2) is 9.36 Å². The summed E-state index contributed by atoms with van der Waals surface area (Å²) in [4.78, 5) is 31.2. The monoisotopic (exact) mass is 903 g/mol. The molecule has 10 rings (SSSR count). The van der Waals surface area contributed by atoms with Crippen LogP contribution in [0.1, 0.15) is 61.3 Å².